The van der Waals surface area contributed by atoms with E-state index in [0.717, 1.165) is 17.7 Å². The van der Waals surface area contributed by atoms with E-state index < -0.39 is 11.4 Å². The Morgan fingerprint density at radius 1 is 1.40 bits per heavy atom. The summed E-state index contributed by atoms with van der Waals surface area (Å²) in [7, 11) is 0. The van der Waals surface area contributed by atoms with Crippen LogP contribution in [0.5, 0.6) is 0 Å². The Morgan fingerprint density at radius 2 is 2.05 bits per heavy atom. The van der Waals surface area contributed by atoms with E-state index in [-0.39, 0.29) is 18.2 Å². The monoisotopic (exact) mass is 295 g/mol. The molecule has 20 heavy (non-hydrogen) atoms. The first-order valence-corrected chi connectivity index (χ1v) is 7.84. The minimum Gasteiger partial charge on any atom is -0.481 e. The Hall–Kier alpha value is -1.36. The number of nitrogens with zero attached hydrogens (tertiary/aromatic N) is 1. The quantitative estimate of drug-likeness (QED) is 0.929. The fraction of sp³-hybridized carbons (Fsp3) is 0.600. The van der Waals surface area contributed by atoms with Crippen molar-refractivity contribution in [2.75, 3.05) is 13.1 Å². The van der Waals surface area contributed by atoms with Gasteiger partial charge in [-0.1, -0.05) is 6.07 Å². The molecule has 0 aromatic carbocycles. The second-order valence-corrected chi connectivity index (χ2v) is 6.88. The number of carboxylic acids is 1. The maximum atomic E-state index is 12.7. The van der Waals surface area contributed by atoms with E-state index in [9.17, 15) is 9.59 Å². The number of thiophene rings is 1. The molecule has 0 aliphatic carbocycles. The highest BCUT2D eigenvalue weighted by atomic mass is 32.1. The summed E-state index contributed by atoms with van der Waals surface area (Å²) in [5.41, 5.74) is -0.492. The Balaban J connectivity index is 1.96. The number of rotatable bonds is 4. The minimum atomic E-state index is -0.742. The largest absolute Gasteiger partial charge is 0.481 e. The van der Waals surface area contributed by atoms with Crippen LogP contribution in [0, 0.1) is 5.92 Å². The molecule has 5 heteroatoms. The first-order valence-electron chi connectivity index (χ1n) is 6.96. The molecule has 1 aromatic rings. The van der Waals surface area contributed by atoms with Crippen molar-refractivity contribution >= 4 is 23.2 Å². The molecule has 1 aliphatic heterocycles. The van der Waals surface area contributed by atoms with Crippen LogP contribution in [0.1, 0.15) is 38.0 Å². The van der Waals surface area contributed by atoms with E-state index in [4.69, 9.17) is 5.11 Å². The Kier molecular flexibility index (Phi) is 4.48. The predicted molar refractivity (Wildman–Crippen MR) is 78.9 cm³/mol. The van der Waals surface area contributed by atoms with Crippen LogP contribution < -0.4 is 0 Å². The zero-order valence-corrected chi connectivity index (χ0v) is 12.8. The van der Waals surface area contributed by atoms with E-state index in [1.54, 1.807) is 11.3 Å². The molecule has 0 saturated carbocycles. The fourth-order valence-corrected chi connectivity index (χ4v) is 3.56. The molecule has 2 heterocycles. The van der Waals surface area contributed by atoms with Gasteiger partial charge in [0, 0.05) is 24.4 Å². The highest BCUT2D eigenvalue weighted by Crippen LogP contribution is 2.31. The lowest BCUT2D eigenvalue weighted by molar-refractivity contribution is -0.139. The van der Waals surface area contributed by atoms with Gasteiger partial charge in [0.05, 0.1) is 5.41 Å². The molecule has 1 saturated heterocycles. The van der Waals surface area contributed by atoms with E-state index >= 15 is 0 Å². The van der Waals surface area contributed by atoms with Crippen LogP contribution >= 0.6 is 11.3 Å². The van der Waals surface area contributed by atoms with Crippen molar-refractivity contribution in [2.45, 2.75) is 38.5 Å². The molecule has 4 nitrogen and oxygen atoms in total. The summed E-state index contributed by atoms with van der Waals surface area (Å²) in [6.45, 7) is 5.27. The van der Waals surface area contributed by atoms with Crippen LogP contribution in [-0.2, 0) is 15.0 Å². The van der Waals surface area contributed by atoms with E-state index in [1.165, 1.54) is 0 Å². The van der Waals surface area contributed by atoms with Crippen molar-refractivity contribution in [3.8, 4) is 0 Å². The van der Waals surface area contributed by atoms with Crippen molar-refractivity contribution in [3.05, 3.63) is 22.4 Å². The average Bonchev–Trinajstić information content (AvgIpc) is 2.92. The molecule has 1 amide bonds. The third-order valence-electron chi connectivity index (χ3n) is 4.04. The van der Waals surface area contributed by atoms with Gasteiger partial charge in [-0.25, -0.2) is 0 Å². The molecular weight excluding hydrogens is 274 g/mol. The molecule has 0 atom stereocenters. The van der Waals surface area contributed by atoms with Crippen LogP contribution in [0.3, 0.4) is 0 Å². The van der Waals surface area contributed by atoms with E-state index in [2.05, 4.69) is 0 Å². The summed E-state index contributed by atoms with van der Waals surface area (Å²) in [4.78, 5) is 26.3. The van der Waals surface area contributed by atoms with Crippen molar-refractivity contribution < 1.29 is 14.7 Å². The van der Waals surface area contributed by atoms with Gasteiger partial charge in [0.1, 0.15) is 0 Å². The molecule has 110 valence electrons. The predicted octanol–water partition coefficient (Wildman–Crippen LogP) is 2.74. The molecule has 0 spiro atoms. The molecule has 1 aromatic heterocycles. The van der Waals surface area contributed by atoms with Crippen molar-refractivity contribution in [3.63, 3.8) is 0 Å². The van der Waals surface area contributed by atoms with Crippen LogP contribution in [0.15, 0.2) is 17.5 Å². The fourth-order valence-electron chi connectivity index (χ4n) is 2.72. The molecular formula is C15H21NO3S. The summed E-state index contributed by atoms with van der Waals surface area (Å²) < 4.78 is 0. The van der Waals surface area contributed by atoms with Crippen molar-refractivity contribution in [1.29, 1.82) is 0 Å². The number of hydrogen-bond acceptors (Lipinski definition) is 3. The first-order chi connectivity index (χ1) is 9.41. The van der Waals surface area contributed by atoms with Gasteiger partial charge in [-0.3, -0.25) is 9.59 Å². The van der Waals surface area contributed by atoms with Crippen LogP contribution in [-0.4, -0.2) is 35.0 Å². The SMILES string of the molecule is CC(C)(C(=O)N1CCC(CC(=O)O)CC1)c1cccs1. The van der Waals surface area contributed by atoms with Gasteiger partial charge >= 0.3 is 5.97 Å². The maximum absolute atomic E-state index is 12.7. The molecule has 1 fully saturated rings. The molecule has 1 N–H and O–H groups in total. The van der Waals surface area contributed by atoms with Crippen LogP contribution in [0.2, 0.25) is 0 Å². The maximum Gasteiger partial charge on any atom is 0.303 e. The number of carbonyl (C=O) groups excluding carboxylic acids is 1. The second kappa shape index (κ2) is 5.95. The summed E-state index contributed by atoms with van der Waals surface area (Å²) >= 11 is 1.61. The van der Waals surface area contributed by atoms with Gasteiger partial charge in [-0.2, -0.15) is 0 Å². The molecule has 0 radical (unpaired) electrons. The van der Waals surface area contributed by atoms with Gasteiger partial charge in [0.25, 0.3) is 0 Å². The smallest absolute Gasteiger partial charge is 0.303 e. The summed E-state index contributed by atoms with van der Waals surface area (Å²) in [5.74, 6) is -0.385. The lowest BCUT2D eigenvalue weighted by Crippen LogP contribution is -2.46. The number of hydrogen-bond donors (Lipinski definition) is 1. The topological polar surface area (TPSA) is 57.6 Å². The lowest BCUT2D eigenvalue weighted by atomic mass is 9.87. The average molecular weight is 295 g/mol. The van der Waals surface area contributed by atoms with Crippen LogP contribution in [0.25, 0.3) is 0 Å². The van der Waals surface area contributed by atoms with Gasteiger partial charge in [0.2, 0.25) is 5.91 Å². The number of carboxylic acid groups (broad SMARTS) is 1. The highest BCUT2D eigenvalue weighted by Gasteiger charge is 2.36. The van der Waals surface area contributed by atoms with Crippen molar-refractivity contribution in [2.24, 2.45) is 5.92 Å². The minimum absolute atomic E-state index is 0.147. The molecule has 0 unspecified atom stereocenters. The third-order valence-corrected chi connectivity index (χ3v) is 5.23. The zero-order valence-electron chi connectivity index (χ0n) is 12.0. The summed E-state index contributed by atoms with van der Waals surface area (Å²) in [6, 6.07) is 3.97. The Morgan fingerprint density at radius 3 is 2.55 bits per heavy atom. The molecule has 1 aliphatic rings. The van der Waals surface area contributed by atoms with Crippen LogP contribution in [0.4, 0.5) is 0 Å². The molecule has 0 bridgehead atoms. The van der Waals surface area contributed by atoms with E-state index in [0.29, 0.717) is 13.1 Å². The lowest BCUT2D eigenvalue weighted by Gasteiger charge is -2.36. The van der Waals surface area contributed by atoms with Gasteiger partial charge in [0.15, 0.2) is 0 Å². The normalized spacial score (nSPS) is 17.2. The van der Waals surface area contributed by atoms with E-state index in [1.807, 2.05) is 36.3 Å². The number of aliphatic carboxylic acids is 1. The molecule has 2 rings (SSSR count). The Bertz CT molecular complexity index is 473. The van der Waals surface area contributed by atoms with Gasteiger partial charge < -0.3 is 10.0 Å². The number of carbonyl (C=O) groups is 2. The summed E-state index contributed by atoms with van der Waals surface area (Å²) in [6.07, 6.45) is 1.80. The standard InChI is InChI=1S/C15H21NO3S/c1-15(2,12-4-3-9-20-12)14(19)16-7-5-11(6-8-16)10-13(17)18/h3-4,9,11H,5-8,10H2,1-2H3,(H,17,18). The second-order valence-electron chi connectivity index (χ2n) is 5.94. The third kappa shape index (κ3) is 3.20. The number of amides is 1. The van der Waals surface area contributed by atoms with Gasteiger partial charge in [-0.05, 0) is 44.1 Å². The van der Waals surface area contributed by atoms with Gasteiger partial charge in [-0.15, -0.1) is 11.3 Å². The Labute approximate surface area is 123 Å². The zero-order chi connectivity index (χ0) is 14.8. The summed E-state index contributed by atoms with van der Waals surface area (Å²) in [5, 5.41) is 10.8. The highest BCUT2D eigenvalue weighted by molar-refractivity contribution is 7.10. The number of likely N-dealkylation sites (tertiary alicyclic amines) is 1. The van der Waals surface area contributed by atoms with Crippen molar-refractivity contribution in [1.82, 2.24) is 4.90 Å². The first kappa shape index (κ1) is 15.0. The number of piperidine rings is 1.